The summed E-state index contributed by atoms with van der Waals surface area (Å²) in [4.78, 5) is 24.6. The average Bonchev–Trinajstić information content (AvgIpc) is 2.79. The normalized spacial score (nSPS) is 9.90. The maximum Gasteiger partial charge on any atom is 0.417 e. The maximum absolute atomic E-state index is 11.8. The summed E-state index contributed by atoms with van der Waals surface area (Å²) in [6.07, 6.45) is -0.654. The van der Waals surface area contributed by atoms with Gasteiger partial charge in [-0.25, -0.2) is 9.59 Å². The lowest BCUT2D eigenvalue weighted by Gasteiger charge is -2.06. The number of hydrogen-bond acceptors (Lipinski definition) is 5. The van der Waals surface area contributed by atoms with Gasteiger partial charge in [-0.15, -0.1) is 11.3 Å². The van der Waals surface area contributed by atoms with Crippen LogP contribution in [0.15, 0.2) is 36.4 Å². The molecule has 104 valence electrons. The number of benzene rings is 1. The van der Waals surface area contributed by atoms with Crippen LogP contribution in [0.4, 0.5) is 10.5 Å². The Hall–Kier alpha value is -2.34. The Labute approximate surface area is 120 Å². The van der Waals surface area contributed by atoms with E-state index in [0.29, 0.717) is 16.3 Å². The summed E-state index contributed by atoms with van der Waals surface area (Å²) in [7, 11) is 1.30. The van der Waals surface area contributed by atoms with Crippen LogP contribution in [-0.2, 0) is 4.74 Å². The van der Waals surface area contributed by atoms with Crippen molar-refractivity contribution in [3.05, 3.63) is 46.2 Å². The number of methoxy groups -OCH3 is 1. The molecule has 0 aliphatic carbocycles. The first-order valence-corrected chi connectivity index (χ1v) is 6.64. The van der Waals surface area contributed by atoms with Gasteiger partial charge in [0.05, 0.1) is 12.8 Å². The molecule has 1 aromatic heterocycles. The van der Waals surface area contributed by atoms with E-state index in [1.165, 1.54) is 18.4 Å². The summed E-state index contributed by atoms with van der Waals surface area (Å²) >= 11 is 1.25. The minimum atomic E-state index is -0.654. The van der Waals surface area contributed by atoms with Crippen LogP contribution in [0.5, 0.6) is 5.75 Å². The fourth-order valence-electron chi connectivity index (χ4n) is 1.58. The third kappa shape index (κ3) is 3.36. The number of carbonyl (C=O) groups is 2. The average molecular weight is 291 g/mol. The van der Waals surface area contributed by atoms with Crippen molar-refractivity contribution in [1.29, 1.82) is 0 Å². The highest BCUT2D eigenvalue weighted by molar-refractivity contribution is 7.14. The van der Waals surface area contributed by atoms with Gasteiger partial charge >= 0.3 is 12.1 Å². The number of anilines is 1. The van der Waals surface area contributed by atoms with Crippen LogP contribution in [0.3, 0.4) is 0 Å². The van der Waals surface area contributed by atoms with E-state index in [9.17, 15) is 9.59 Å². The lowest BCUT2D eigenvalue weighted by Crippen LogP contribution is -2.18. The fourth-order valence-corrected chi connectivity index (χ4v) is 2.47. The summed E-state index contributed by atoms with van der Waals surface area (Å²) in [6, 6.07) is 10.4. The van der Waals surface area contributed by atoms with E-state index >= 15 is 0 Å². The van der Waals surface area contributed by atoms with Gasteiger partial charge in [0, 0.05) is 4.88 Å². The zero-order chi connectivity index (χ0) is 14.5. The Morgan fingerprint density at radius 1 is 1.20 bits per heavy atom. The number of rotatable bonds is 3. The van der Waals surface area contributed by atoms with Crippen LogP contribution in [0.25, 0.3) is 0 Å². The molecule has 2 rings (SSSR count). The van der Waals surface area contributed by atoms with Gasteiger partial charge in [-0.2, -0.15) is 0 Å². The molecule has 0 atom stereocenters. The predicted molar refractivity (Wildman–Crippen MR) is 76.5 cm³/mol. The minimum absolute atomic E-state index is 0.343. The second-order valence-electron chi connectivity index (χ2n) is 3.92. The molecule has 20 heavy (non-hydrogen) atoms. The lowest BCUT2D eigenvalue weighted by molar-refractivity contribution is 0.0607. The molecular weight excluding hydrogens is 278 g/mol. The lowest BCUT2D eigenvalue weighted by atomic mass is 10.3. The second-order valence-corrected chi connectivity index (χ2v) is 5.18. The van der Waals surface area contributed by atoms with Gasteiger partial charge < -0.3 is 9.47 Å². The van der Waals surface area contributed by atoms with Crippen molar-refractivity contribution in [1.82, 2.24) is 0 Å². The van der Waals surface area contributed by atoms with Crippen LogP contribution in [0.1, 0.15) is 14.5 Å². The van der Waals surface area contributed by atoms with E-state index in [-0.39, 0.29) is 0 Å². The topological polar surface area (TPSA) is 64.6 Å². The largest absolute Gasteiger partial charge is 0.465 e. The Morgan fingerprint density at radius 2 is 1.90 bits per heavy atom. The second kappa shape index (κ2) is 6.21. The van der Waals surface area contributed by atoms with Crippen molar-refractivity contribution in [2.24, 2.45) is 0 Å². The molecule has 0 radical (unpaired) electrons. The Morgan fingerprint density at radius 3 is 2.55 bits per heavy atom. The molecule has 0 spiro atoms. The first kappa shape index (κ1) is 14.1. The third-order valence-corrected chi connectivity index (χ3v) is 3.45. The summed E-state index contributed by atoms with van der Waals surface area (Å²) in [6.45, 7) is 1.84. The highest BCUT2D eigenvalue weighted by atomic mass is 32.1. The monoisotopic (exact) mass is 291 g/mol. The maximum atomic E-state index is 11.8. The van der Waals surface area contributed by atoms with Crippen LogP contribution in [0.2, 0.25) is 0 Å². The van der Waals surface area contributed by atoms with E-state index in [1.807, 2.05) is 13.0 Å². The number of para-hydroxylation sites is 1. The van der Waals surface area contributed by atoms with Crippen LogP contribution in [0, 0.1) is 6.92 Å². The summed E-state index contributed by atoms with van der Waals surface area (Å²) < 4.78 is 9.77. The first-order chi connectivity index (χ1) is 9.60. The van der Waals surface area contributed by atoms with Crippen molar-refractivity contribution in [2.75, 3.05) is 12.4 Å². The van der Waals surface area contributed by atoms with Gasteiger partial charge in [0.1, 0.15) is 10.6 Å². The van der Waals surface area contributed by atoms with Crippen molar-refractivity contribution in [3.63, 3.8) is 0 Å². The van der Waals surface area contributed by atoms with Gasteiger partial charge in [-0.1, -0.05) is 18.2 Å². The van der Waals surface area contributed by atoms with Gasteiger partial charge in [0.2, 0.25) is 0 Å². The van der Waals surface area contributed by atoms with Crippen LogP contribution < -0.4 is 10.1 Å². The number of carbonyl (C=O) groups excluding carboxylic acids is 2. The van der Waals surface area contributed by atoms with Gasteiger partial charge in [0.25, 0.3) is 0 Å². The van der Waals surface area contributed by atoms with Gasteiger partial charge in [-0.05, 0) is 25.1 Å². The van der Waals surface area contributed by atoms with Crippen molar-refractivity contribution < 1.29 is 19.1 Å². The molecule has 0 saturated heterocycles. The predicted octanol–water partition coefficient (Wildman–Crippen LogP) is 3.45. The molecule has 0 fully saturated rings. The number of ether oxygens (including phenoxy) is 2. The number of amides is 1. The standard InChI is InChI=1S/C14H13NO4S/c1-9-8-11(12(20-9)13(16)18-2)15-14(17)19-10-6-4-3-5-7-10/h3-8H,1-2H3,(H,15,17). The van der Waals surface area contributed by atoms with Crippen LogP contribution >= 0.6 is 11.3 Å². The van der Waals surface area contributed by atoms with E-state index in [4.69, 9.17) is 4.74 Å². The summed E-state index contributed by atoms with van der Waals surface area (Å²) in [5.41, 5.74) is 0.389. The highest BCUT2D eigenvalue weighted by Crippen LogP contribution is 2.27. The van der Waals surface area contributed by atoms with E-state index in [1.54, 1.807) is 30.3 Å². The minimum Gasteiger partial charge on any atom is -0.465 e. The van der Waals surface area contributed by atoms with Crippen molar-refractivity contribution >= 4 is 29.1 Å². The van der Waals surface area contributed by atoms with Crippen molar-refractivity contribution in [3.8, 4) is 5.75 Å². The smallest absolute Gasteiger partial charge is 0.417 e. The number of aryl methyl sites for hydroxylation is 1. The third-order valence-electron chi connectivity index (χ3n) is 2.42. The Balaban J connectivity index is 2.10. The van der Waals surface area contributed by atoms with Crippen LogP contribution in [-0.4, -0.2) is 19.2 Å². The van der Waals surface area contributed by atoms with E-state index < -0.39 is 12.1 Å². The molecule has 0 aliphatic rings. The number of hydrogen-bond donors (Lipinski definition) is 1. The number of esters is 1. The van der Waals surface area contributed by atoms with Gasteiger partial charge in [0.15, 0.2) is 0 Å². The molecule has 6 heteroatoms. The molecule has 1 aromatic carbocycles. The SMILES string of the molecule is COC(=O)c1sc(C)cc1NC(=O)Oc1ccccc1. The summed E-state index contributed by atoms with van der Waals surface area (Å²) in [5.74, 6) is -0.0605. The Bertz CT molecular complexity index is 621. The number of nitrogens with one attached hydrogen (secondary N) is 1. The molecule has 0 aliphatic heterocycles. The molecular formula is C14H13NO4S. The zero-order valence-electron chi connectivity index (χ0n) is 11.0. The molecule has 2 aromatic rings. The molecule has 1 N–H and O–H groups in total. The Kier molecular flexibility index (Phi) is 4.37. The molecule has 1 amide bonds. The van der Waals surface area contributed by atoms with Gasteiger partial charge in [-0.3, -0.25) is 5.32 Å². The molecule has 0 unspecified atom stereocenters. The highest BCUT2D eigenvalue weighted by Gasteiger charge is 2.18. The zero-order valence-corrected chi connectivity index (χ0v) is 11.8. The van der Waals surface area contributed by atoms with E-state index in [0.717, 1.165) is 4.88 Å². The fraction of sp³-hybridized carbons (Fsp3) is 0.143. The summed E-state index contributed by atoms with van der Waals surface area (Å²) in [5, 5.41) is 2.54. The molecule has 5 nitrogen and oxygen atoms in total. The quantitative estimate of drug-likeness (QED) is 0.880. The molecule has 0 saturated carbocycles. The van der Waals surface area contributed by atoms with E-state index in [2.05, 4.69) is 10.1 Å². The molecule has 1 heterocycles. The first-order valence-electron chi connectivity index (χ1n) is 5.83. The molecule has 0 bridgehead atoms. The number of thiophene rings is 1. The van der Waals surface area contributed by atoms with Crippen molar-refractivity contribution in [2.45, 2.75) is 6.92 Å².